The standard InChI is InChI=1S/C16H16Br2N2/c17-13-6-5-12(9-14(13)18)16(10-19)20-8-7-11-3-1-2-4-15(11)20/h1-6,9,16H,7-8,10,19H2. The molecule has 104 valence electrons. The molecule has 0 saturated carbocycles. The zero-order valence-electron chi connectivity index (χ0n) is 11.0. The van der Waals surface area contributed by atoms with Crippen molar-refractivity contribution in [2.24, 2.45) is 5.73 Å². The van der Waals surface area contributed by atoms with Crippen LogP contribution in [-0.4, -0.2) is 13.1 Å². The van der Waals surface area contributed by atoms with Gasteiger partial charge in [0.15, 0.2) is 0 Å². The lowest BCUT2D eigenvalue weighted by Crippen LogP contribution is -2.32. The first kappa shape index (κ1) is 14.1. The summed E-state index contributed by atoms with van der Waals surface area (Å²) in [6.45, 7) is 1.65. The van der Waals surface area contributed by atoms with Crippen LogP contribution in [0.5, 0.6) is 0 Å². The minimum atomic E-state index is 0.225. The van der Waals surface area contributed by atoms with E-state index in [1.165, 1.54) is 16.8 Å². The van der Waals surface area contributed by atoms with Crippen molar-refractivity contribution in [3.8, 4) is 0 Å². The first-order valence-electron chi connectivity index (χ1n) is 6.70. The summed E-state index contributed by atoms with van der Waals surface area (Å²) < 4.78 is 2.14. The van der Waals surface area contributed by atoms with Crippen molar-refractivity contribution in [1.82, 2.24) is 0 Å². The number of halogens is 2. The zero-order chi connectivity index (χ0) is 14.1. The first-order valence-corrected chi connectivity index (χ1v) is 8.29. The SMILES string of the molecule is NCC(c1ccc(Br)c(Br)c1)N1CCc2ccccc21. The third-order valence-electron chi connectivity index (χ3n) is 3.85. The Kier molecular flexibility index (Phi) is 4.15. The second-order valence-corrected chi connectivity index (χ2v) is 6.71. The normalized spacial score (nSPS) is 15.2. The van der Waals surface area contributed by atoms with E-state index in [0.717, 1.165) is 21.9 Å². The van der Waals surface area contributed by atoms with Gasteiger partial charge in [0.2, 0.25) is 0 Å². The van der Waals surface area contributed by atoms with Gasteiger partial charge in [-0.2, -0.15) is 0 Å². The average Bonchev–Trinajstić information content (AvgIpc) is 2.88. The summed E-state index contributed by atoms with van der Waals surface area (Å²) in [5, 5.41) is 0. The third-order valence-corrected chi connectivity index (χ3v) is 5.73. The molecule has 4 heteroatoms. The van der Waals surface area contributed by atoms with E-state index in [-0.39, 0.29) is 6.04 Å². The average molecular weight is 396 g/mol. The fourth-order valence-electron chi connectivity index (χ4n) is 2.85. The highest BCUT2D eigenvalue weighted by Crippen LogP contribution is 2.36. The fraction of sp³-hybridized carbons (Fsp3) is 0.250. The summed E-state index contributed by atoms with van der Waals surface area (Å²) >= 11 is 7.10. The second kappa shape index (κ2) is 5.88. The van der Waals surface area contributed by atoms with Crippen LogP contribution >= 0.6 is 31.9 Å². The van der Waals surface area contributed by atoms with Crippen molar-refractivity contribution in [3.63, 3.8) is 0 Å². The van der Waals surface area contributed by atoms with Gasteiger partial charge in [0.25, 0.3) is 0 Å². The Labute approximate surface area is 136 Å². The van der Waals surface area contributed by atoms with Gasteiger partial charge in [0.1, 0.15) is 0 Å². The highest BCUT2D eigenvalue weighted by Gasteiger charge is 2.26. The topological polar surface area (TPSA) is 29.3 Å². The Balaban J connectivity index is 1.97. The maximum atomic E-state index is 6.06. The Morgan fingerprint density at radius 1 is 1.10 bits per heavy atom. The maximum absolute atomic E-state index is 6.06. The van der Waals surface area contributed by atoms with Crippen LogP contribution in [0.25, 0.3) is 0 Å². The molecule has 1 unspecified atom stereocenters. The molecule has 0 radical (unpaired) electrons. The maximum Gasteiger partial charge on any atom is 0.0665 e. The molecular formula is C16H16Br2N2. The van der Waals surface area contributed by atoms with Gasteiger partial charge in [-0.25, -0.2) is 0 Å². The monoisotopic (exact) mass is 394 g/mol. The summed E-state index contributed by atoms with van der Waals surface area (Å²) in [5.74, 6) is 0. The molecule has 2 nitrogen and oxygen atoms in total. The van der Waals surface area contributed by atoms with E-state index in [4.69, 9.17) is 5.73 Å². The third kappa shape index (κ3) is 2.52. The van der Waals surface area contributed by atoms with E-state index >= 15 is 0 Å². The number of hydrogen-bond donors (Lipinski definition) is 1. The Hall–Kier alpha value is -0.840. The number of fused-ring (bicyclic) bond motifs is 1. The molecule has 20 heavy (non-hydrogen) atoms. The summed E-state index contributed by atoms with van der Waals surface area (Å²) in [5.41, 5.74) is 10.1. The molecule has 0 aromatic heterocycles. The molecular weight excluding hydrogens is 380 g/mol. The van der Waals surface area contributed by atoms with E-state index in [9.17, 15) is 0 Å². The Bertz CT molecular complexity index is 628. The lowest BCUT2D eigenvalue weighted by Gasteiger charge is -2.30. The van der Waals surface area contributed by atoms with Crippen LogP contribution in [0.3, 0.4) is 0 Å². The molecule has 1 heterocycles. The smallest absolute Gasteiger partial charge is 0.0665 e. The Morgan fingerprint density at radius 2 is 1.90 bits per heavy atom. The summed E-state index contributed by atoms with van der Waals surface area (Å²) in [6, 6.07) is 15.2. The number of rotatable bonds is 3. The van der Waals surface area contributed by atoms with Gasteiger partial charge in [-0.3, -0.25) is 0 Å². The van der Waals surface area contributed by atoms with Gasteiger partial charge < -0.3 is 10.6 Å². The fourth-order valence-corrected chi connectivity index (χ4v) is 3.49. The molecule has 0 fully saturated rings. The van der Waals surface area contributed by atoms with Crippen LogP contribution < -0.4 is 10.6 Å². The van der Waals surface area contributed by atoms with Crippen LogP contribution in [0.4, 0.5) is 5.69 Å². The van der Waals surface area contributed by atoms with Gasteiger partial charge in [-0.05, 0) is 67.6 Å². The molecule has 3 rings (SSSR count). The quantitative estimate of drug-likeness (QED) is 0.840. The molecule has 0 amide bonds. The molecule has 1 aliphatic heterocycles. The van der Waals surface area contributed by atoms with Crippen LogP contribution in [0, 0.1) is 0 Å². The van der Waals surface area contributed by atoms with E-state index in [2.05, 4.69) is 79.2 Å². The predicted octanol–water partition coefficient (Wildman–Crippen LogP) is 4.27. The number of hydrogen-bond acceptors (Lipinski definition) is 2. The zero-order valence-corrected chi connectivity index (χ0v) is 14.2. The van der Waals surface area contributed by atoms with E-state index in [1.807, 2.05) is 0 Å². The molecule has 2 aromatic rings. The van der Waals surface area contributed by atoms with E-state index in [0.29, 0.717) is 6.54 Å². The molecule has 1 atom stereocenters. The van der Waals surface area contributed by atoms with Crippen molar-refractivity contribution in [1.29, 1.82) is 0 Å². The molecule has 2 aromatic carbocycles. The number of para-hydroxylation sites is 1. The number of anilines is 1. The predicted molar refractivity (Wildman–Crippen MR) is 91.1 cm³/mol. The minimum Gasteiger partial charge on any atom is -0.363 e. The number of nitrogens with zero attached hydrogens (tertiary/aromatic N) is 1. The molecule has 0 saturated heterocycles. The van der Waals surface area contributed by atoms with E-state index < -0.39 is 0 Å². The highest BCUT2D eigenvalue weighted by molar-refractivity contribution is 9.13. The van der Waals surface area contributed by atoms with Crippen molar-refractivity contribution in [3.05, 3.63) is 62.5 Å². The Morgan fingerprint density at radius 3 is 2.65 bits per heavy atom. The van der Waals surface area contributed by atoms with Crippen molar-refractivity contribution >= 4 is 37.5 Å². The lowest BCUT2D eigenvalue weighted by atomic mass is 10.1. The summed E-state index contributed by atoms with van der Waals surface area (Å²) in [7, 11) is 0. The van der Waals surface area contributed by atoms with E-state index in [1.54, 1.807) is 0 Å². The molecule has 0 spiro atoms. The number of benzene rings is 2. The van der Waals surface area contributed by atoms with Crippen molar-refractivity contribution in [2.45, 2.75) is 12.5 Å². The molecule has 2 N–H and O–H groups in total. The van der Waals surface area contributed by atoms with Crippen molar-refractivity contribution in [2.75, 3.05) is 18.0 Å². The molecule has 0 aliphatic carbocycles. The van der Waals surface area contributed by atoms with Crippen LogP contribution in [0.1, 0.15) is 17.2 Å². The van der Waals surface area contributed by atoms with Gasteiger partial charge >= 0.3 is 0 Å². The highest BCUT2D eigenvalue weighted by atomic mass is 79.9. The van der Waals surface area contributed by atoms with Crippen LogP contribution in [0.2, 0.25) is 0 Å². The summed E-state index contributed by atoms with van der Waals surface area (Å²) in [6.07, 6.45) is 1.10. The van der Waals surface area contributed by atoms with Crippen LogP contribution in [0.15, 0.2) is 51.4 Å². The summed E-state index contributed by atoms with van der Waals surface area (Å²) in [4.78, 5) is 2.42. The molecule has 1 aliphatic rings. The van der Waals surface area contributed by atoms with Gasteiger partial charge in [0, 0.05) is 27.7 Å². The van der Waals surface area contributed by atoms with Gasteiger partial charge in [0.05, 0.1) is 6.04 Å². The number of nitrogens with two attached hydrogens (primary N) is 1. The first-order chi connectivity index (χ1) is 9.70. The molecule has 0 bridgehead atoms. The largest absolute Gasteiger partial charge is 0.363 e. The second-order valence-electron chi connectivity index (χ2n) is 5.00. The van der Waals surface area contributed by atoms with Gasteiger partial charge in [-0.1, -0.05) is 24.3 Å². The van der Waals surface area contributed by atoms with Crippen LogP contribution in [-0.2, 0) is 6.42 Å². The minimum absolute atomic E-state index is 0.225. The van der Waals surface area contributed by atoms with Gasteiger partial charge in [-0.15, -0.1) is 0 Å². The lowest BCUT2D eigenvalue weighted by molar-refractivity contribution is 0.648. The van der Waals surface area contributed by atoms with Crippen molar-refractivity contribution < 1.29 is 0 Å².